The maximum atomic E-state index is 13.0. The van der Waals surface area contributed by atoms with Crippen LogP contribution in [0.1, 0.15) is 12.8 Å². The number of anilines is 1. The second kappa shape index (κ2) is 4.12. The fourth-order valence-corrected chi connectivity index (χ4v) is 1.88. The van der Waals surface area contributed by atoms with Gasteiger partial charge in [-0.1, -0.05) is 0 Å². The van der Waals surface area contributed by atoms with E-state index in [1.807, 2.05) is 0 Å². The zero-order valence-corrected chi connectivity index (χ0v) is 8.69. The summed E-state index contributed by atoms with van der Waals surface area (Å²) in [6.07, 6.45) is 0.267. The minimum atomic E-state index is -1.15. The lowest BCUT2D eigenvalue weighted by Gasteiger charge is -2.21. The van der Waals surface area contributed by atoms with Crippen molar-refractivity contribution >= 4 is 17.6 Å². The van der Waals surface area contributed by atoms with Crippen LogP contribution in [-0.2, 0) is 9.59 Å². The predicted molar refractivity (Wildman–Crippen MR) is 54.5 cm³/mol. The average Bonchev–Trinajstić information content (AvgIpc) is 2.64. The van der Waals surface area contributed by atoms with Crippen molar-refractivity contribution in [3.05, 3.63) is 29.8 Å². The smallest absolute Gasteiger partial charge is 0.326 e. The van der Waals surface area contributed by atoms with E-state index in [1.165, 1.54) is 6.07 Å². The van der Waals surface area contributed by atoms with Gasteiger partial charge in [0.25, 0.3) is 0 Å². The van der Waals surface area contributed by atoms with E-state index in [9.17, 15) is 18.4 Å². The van der Waals surface area contributed by atoms with Crippen molar-refractivity contribution in [1.29, 1.82) is 0 Å². The van der Waals surface area contributed by atoms with Crippen LogP contribution in [0, 0.1) is 11.6 Å². The number of rotatable bonds is 2. The molecule has 0 spiro atoms. The summed E-state index contributed by atoms with van der Waals surface area (Å²) in [5, 5.41) is 8.92. The van der Waals surface area contributed by atoms with Crippen molar-refractivity contribution in [2.75, 3.05) is 4.90 Å². The van der Waals surface area contributed by atoms with Crippen molar-refractivity contribution in [2.45, 2.75) is 18.9 Å². The van der Waals surface area contributed by atoms with Gasteiger partial charge >= 0.3 is 5.97 Å². The summed E-state index contributed by atoms with van der Waals surface area (Å²) in [7, 11) is 0. The first-order valence-corrected chi connectivity index (χ1v) is 5.00. The lowest BCUT2D eigenvalue weighted by atomic mass is 10.2. The van der Waals surface area contributed by atoms with Gasteiger partial charge in [0.1, 0.15) is 6.04 Å². The number of carbonyl (C=O) groups is 2. The van der Waals surface area contributed by atoms with Crippen LogP contribution in [0.2, 0.25) is 0 Å². The highest BCUT2D eigenvalue weighted by Gasteiger charge is 2.37. The number of carboxylic acid groups (broad SMARTS) is 1. The topological polar surface area (TPSA) is 57.6 Å². The Balaban J connectivity index is 2.39. The van der Waals surface area contributed by atoms with E-state index in [-0.39, 0.29) is 18.5 Å². The Bertz CT molecular complexity index is 490. The van der Waals surface area contributed by atoms with Gasteiger partial charge in [-0.05, 0) is 18.6 Å². The molecule has 0 aliphatic carbocycles. The molecule has 2 rings (SSSR count). The molecule has 1 aromatic carbocycles. The van der Waals surface area contributed by atoms with E-state index in [2.05, 4.69) is 0 Å². The maximum Gasteiger partial charge on any atom is 0.326 e. The van der Waals surface area contributed by atoms with Gasteiger partial charge in [-0.3, -0.25) is 9.69 Å². The van der Waals surface area contributed by atoms with E-state index in [4.69, 9.17) is 5.11 Å². The molecule has 0 radical (unpaired) electrons. The molecule has 0 aromatic heterocycles. The molecule has 1 amide bonds. The third kappa shape index (κ3) is 1.98. The molecular formula is C11H9F2NO3. The lowest BCUT2D eigenvalue weighted by Crippen LogP contribution is -2.38. The van der Waals surface area contributed by atoms with Crippen LogP contribution >= 0.6 is 0 Å². The molecule has 1 unspecified atom stereocenters. The first-order chi connectivity index (χ1) is 8.00. The maximum absolute atomic E-state index is 13.0. The van der Waals surface area contributed by atoms with Crippen LogP contribution in [0.5, 0.6) is 0 Å². The Kier molecular flexibility index (Phi) is 2.79. The van der Waals surface area contributed by atoms with Crippen LogP contribution < -0.4 is 4.90 Å². The van der Waals surface area contributed by atoms with Crippen molar-refractivity contribution in [2.24, 2.45) is 0 Å². The summed E-state index contributed by atoms with van der Waals surface area (Å²) < 4.78 is 25.8. The molecule has 4 nitrogen and oxygen atoms in total. The van der Waals surface area contributed by atoms with Gasteiger partial charge in [-0.15, -0.1) is 0 Å². The minimum Gasteiger partial charge on any atom is -0.480 e. The molecule has 0 saturated carbocycles. The van der Waals surface area contributed by atoms with Crippen LogP contribution in [0.15, 0.2) is 18.2 Å². The van der Waals surface area contributed by atoms with Gasteiger partial charge in [0, 0.05) is 18.2 Å². The molecule has 90 valence electrons. The third-order valence-electron chi connectivity index (χ3n) is 2.68. The second-order valence-corrected chi connectivity index (χ2v) is 3.75. The van der Waals surface area contributed by atoms with Crippen LogP contribution in [0.3, 0.4) is 0 Å². The predicted octanol–water partition coefficient (Wildman–Crippen LogP) is 1.54. The van der Waals surface area contributed by atoms with E-state index < -0.39 is 29.6 Å². The molecule has 1 aliphatic rings. The molecule has 1 heterocycles. The monoisotopic (exact) mass is 241 g/mol. The Morgan fingerprint density at radius 3 is 2.65 bits per heavy atom. The van der Waals surface area contributed by atoms with Crippen LogP contribution in [0.25, 0.3) is 0 Å². The molecule has 1 saturated heterocycles. The first kappa shape index (κ1) is 11.5. The standard InChI is InChI=1S/C11H9F2NO3/c12-7-2-1-6(5-8(7)13)14-9(11(16)17)3-4-10(14)15/h1-2,5,9H,3-4H2,(H,16,17). The molecular weight excluding hydrogens is 232 g/mol. The Labute approximate surface area is 95.5 Å². The molecule has 1 aromatic rings. The van der Waals surface area contributed by atoms with E-state index >= 15 is 0 Å². The Morgan fingerprint density at radius 1 is 1.35 bits per heavy atom. The Hall–Kier alpha value is -1.98. The highest BCUT2D eigenvalue weighted by Crippen LogP contribution is 2.27. The van der Waals surface area contributed by atoms with Gasteiger partial charge in [0.2, 0.25) is 5.91 Å². The SMILES string of the molecule is O=C(O)C1CCC(=O)N1c1ccc(F)c(F)c1. The zero-order chi connectivity index (χ0) is 12.6. The number of nitrogens with zero attached hydrogens (tertiary/aromatic N) is 1. The average molecular weight is 241 g/mol. The fraction of sp³-hybridized carbons (Fsp3) is 0.273. The number of aliphatic carboxylic acids is 1. The van der Waals surface area contributed by atoms with Gasteiger partial charge in [0.15, 0.2) is 11.6 Å². The van der Waals surface area contributed by atoms with Gasteiger partial charge in [-0.2, -0.15) is 0 Å². The number of hydrogen-bond donors (Lipinski definition) is 1. The molecule has 17 heavy (non-hydrogen) atoms. The fourth-order valence-electron chi connectivity index (χ4n) is 1.88. The Morgan fingerprint density at radius 2 is 2.06 bits per heavy atom. The number of hydrogen-bond acceptors (Lipinski definition) is 2. The van der Waals surface area contributed by atoms with Gasteiger partial charge < -0.3 is 5.11 Å². The van der Waals surface area contributed by atoms with Gasteiger partial charge in [0.05, 0.1) is 0 Å². The summed E-state index contributed by atoms with van der Waals surface area (Å²) in [6.45, 7) is 0. The second-order valence-electron chi connectivity index (χ2n) is 3.75. The van der Waals surface area contributed by atoms with Crippen molar-refractivity contribution in [3.8, 4) is 0 Å². The normalized spacial score (nSPS) is 19.8. The summed E-state index contributed by atoms with van der Waals surface area (Å²) in [5.41, 5.74) is 0.0683. The summed E-state index contributed by atoms with van der Waals surface area (Å²) in [4.78, 5) is 23.4. The quantitative estimate of drug-likeness (QED) is 0.854. The molecule has 1 N–H and O–H groups in total. The molecule has 1 fully saturated rings. The lowest BCUT2D eigenvalue weighted by molar-refractivity contribution is -0.138. The van der Waals surface area contributed by atoms with Crippen molar-refractivity contribution < 1.29 is 23.5 Å². The molecule has 6 heteroatoms. The highest BCUT2D eigenvalue weighted by atomic mass is 19.2. The van der Waals surface area contributed by atoms with Crippen molar-refractivity contribution in [1.82, 2.24) is 0 Å². The third-order valence-corrected chi connectivity index (χ3v) is 2.68. The van der Waals surface area contributed by atoms with E-state index in [0.29, 0.717) is 0 Å². The summed E-state index contributed by atoms with van der Waals surface area (Å²) in [6, 6.07) is 1.88. The minimum absolute atomic E-state index is 0.0683. The summed E-state index contributed by atoms with van der Waals surface area (Å²) in [5.74, 6) is -3.69. The highest BCUT2D eigenvalue weighted by molar-refractivity contribution is 6.02. The first-order valence-electron chi connectivity index (χ1n) is 5.00. The molecule has 1 atom stereocenters. The van der Waals surface area contributed by atoms with Crippen LogP contribution in [0.4, 0.5) is 14.5 Å². The van der Waals surface area contributed by atoms with E-state index in [0.717, 1.165) is 17.0 Å². The largest absolute Gasteiger partial charge is 0.480 e. The van der Waals surface area contributed by atoms with Gasteiger partial charge in [-0.25, -0.2) is 13.6 Å². The zero-order valence-electron chi connectivity index (χ0n) is 8.69. The van der Waals surface area contributed by atoms with E-state index in [1.54, 1.807) is 0 Å². The number of carboxylic acids is 1. The molecule has 1 aliphatic heterocycles. The molecule has 0 bridgehead atoms. The van der Waals surface area contributed by atoms with Crippen molar-refractivity contribution in [3.63, 3.8) is 0 Å². The number of halogens is 2. The summed E-state index contributed by atoms with van der Waals surface area (Å²) >= 11 is 0. The number of carbonyl (C=O) groups excluding carboxylic acids is 1. The van der Waals surface area contributed by atoms with Crippen LogP contribution in [-0.4, -0.2) is 23.0 Å². The number of benzene rings is 1. The number of amides is 1.